The van der Waals surface area contributed by atoms with Crippen LogP contribution < -0.4 is 0 Å². The van der Waals surface area contributed by atoms with Gasteiger partial charge in [0.25, 0.3) is 0 Å². The highest BCUT2D eigenvalue weighted by atomic mass is 16.2. The summed E-state index contributed by atoms with van der Waals surface area (Å²) in [7, 11) is 0. The molecule has 0 saturated heterocycles. The third kappa shape index (κ3) is 8.06. The van der Waals surface area contributed by atoms with E-state index in [2.05, 4.69) is 13.8 Å². The maximum atomic E-state index is 8.56. The molecule has 0 fully saturated rings. The summed E-state index contributed by atoms with van der Waals surface area (Å²) in [6.45, 7) is 4.96. The molecule has 0 amide bonds. The molecule has 1 heteroatoms. The maximum Gasteiger partial charge on any atom is 0.0431 e. The van der Waals surface area contributed by atoms with Gasteiger partial charge < -0.3 is 5.11 Å². The summed E-state index contributed by atoms with van der Waals surface area (Å²) in [6, 6.07) is 0. The standard InChI is InChI=1S/C11H24O/c1-3-8-11(2)9-6-4-5-7-10-12/h11-12H,3-10H2,1-2H3. The van der Waals surface area contributed by atoms with Crippen LogP contribution in [0.25, 0.3) is 0 Å². The molecule has 0 aromatic carbocycles. The van der Waals surface area contributed by atoms with E-state index < -0.39 is 0 Å². The first-order valence-corrected chi connectivity index (χ1v) is 5.42. The minimum atomic E-state index is 0.366. The highest BCUT2D eigenvalue weighted by molar-refractivity contribution is 4.52. The lowest BCUT2D eigenvalue weighted by Gasteiger charge is -2.08. The Kier molecular flexibility index (Phi) is 9.02. The molecule has 12 heavy (non-hydrogen) atoms. The molecule has 0 rings (SSSR count). The van der Waals surface area contributed by atoms with Gasteiger partial charge in [-0.25, -0.2) is 0 Å². The van der Waals surface area contributed by atoms with E-state index in [4.69, 9.17) is 5.11 Å². The van der Waals surface area contributed by atoms with E-state index in [1.807, 2.05) is 0 Å². The normalized spacial score (nSPS) is 13.2. The minimum absolute atomic E-state index is 0.366. The van der Waals surface area contributed by atoms with Crippen LogP contribution in [0.5, 0.6) is 0 Å². The van der Waals surface area contributed by atoms with Crippen molar-refractivity contribution in [1.82, 2.24) is 0 Å². The fourth-order valence-electron chi connectivity index (χ4n) is 1.60. The summed E-state index contributed by atoms with van der Waals surface area (Å²) < 4.78 is 0. The highest BCUT2D eigenvalue weighted by Gasteiger charge is 1.99. The fraction of sp³-hybridized carbons (Fsp3) is 1.00. The second-order valence-corrected chi connectivity index (χ2v) is 3.82. The largest absolute Gasteiger partial charge is 0.396 e. The van der Waals surface area contributed by atoms with Crippen LogP contribution in [0.3, 0.4) is 0 Å². The molecule has 1 unspecified atom stereocenters. The van der Waals surface area contributed by atoms with Crippen molar-refractivity contribution in [3.63, 3.8) is 0 Å². The van der Waals surface area contributed by atoms with E-state index in [9.17, 15) is 0 Å². The summed E-state index contributed by atoms with van der Waals surface area (Å²) in [5, 5.41) is 8.56. The van der Waals surface area contributed by atoms with Crippen molar-refractivity contribution in [3.05, 3.63) is 0 Å². The number of rotatable bonds is 8. The molecule has 1 N–H and O–H groups in total. The van der Waals surface area contributed by atoms with Crippen molar-refractivity contribution in [3.8, 4) is 0 Å². The Morgan fingerprint density at radius 1 is 1.00 bits per heavy atom. The van der Waals surface area contributed by atoms with Crippen LogP contribution in [0.1, 0.15) is 58.8 Å². The average Bonchev–Trinajstić information content (AvgIpc) is 2.05. The summed E-state index contributed by atoms with van der Waals surface area (Å²) in [5.74, 6) is 0.907. The monoisotopic (exact) mass is 172 g/mol. The maximum absolute atomic E-state index is 8.56. The van der Waals surface area contributed by atoms with Gasteiger partial charge in [0.15, 0.2) is 0 Å². The smallest absolute Gasteiger partial charge is 0.0431 e. The molecule has 0 aliphatic carbocycles. The Balaban J connectivity index is 2.97. The molecule has 0 aromatic heterocycles. The first-order chi connectivity index (χ1) is 5.81. The summed E-state index contributed by atoms with van der Waals surface area (Å²) in [5.41, 5.74) is 0. The van der Waals surface area contributed by atoms with Gasteiger partial charge in [0.05, 0.1) is 0 Å². The van der Waals surface area contributed by atoms with Crippen molar-refractivity contribution in [2.45, 2.75) is 58.8 Å². The Morgan fingerprint density at radius 2 is 1.67 bits per heavy atom. The van der Waals surface area contributed by atoms with E-state index >= 15 is 0 Å². The molecule has 0 heterocycles. The Morgan fingerprint density at radius 3 is 2.25 bits per heavy atom. The fourth-order valence-corrected chi connectivity index (χ4v) is 1.60. The molecule has 0 radical (unpaired) electrons. The zero-order chi connectivity index (χ0) is 9.23. The van der Waals surface area contributed by atoms with Crippen LogP contribution in [-0.2, 0) is 0 Å². The Labute approximate surface area is 77.2 Å². The van der Waals surface area contributed by atoms with Crippen LogP contribution in [0.4, 0.5) is 0 Å². The lowest BCUT2D eigenvalue weighted by molar-refractivity contribution is 0.281. The van der Waals surface area contributed by atoms with Crippen molar-refractivity contribution in [2.24, 2.45) is 5.92 Å². The van der Waals surface area contributed by atoms with Gasteiger partial charge in [-0.05, 0) is 12.3 Å². The average molecular weight is 172 g/mol. The number of hydrogen-bond donors (Lipinski definition) is 1. The van der Waals surface area contributed by atoms with Crippen LogP contribution in [-0.4, -0.2) is 11.7 Å². The van der Waals surface area contributed by atoms with Crippen molar-refractivity contribution in [1.29, 1.82) is 0 Å². The van der Waals surface area contributed by atoms with Crippen LogP contribution in [0.15, 0.2) is 0 Å². The number of aliphatic hydroxyl groups is 1. The zero-order valence-electron chi connectivity index (χ0n) is 8.68. The topological polar surface area (TPSA) is 20.2 Å². The van der Waals surface area contributed by atoms with Gasteiger partial charge >= 0.3 is 0 Å². The molecule has 0 aromatic rings. The van der Waals surface area contributed by atoms with Crippen molar-refractivity contribution in [2.75, 3.05) is 6.61 Å². The summed E-state index contributed by atoms with van der Waals surface area (Å²) in [6.07, 6.45) is 8.91. The van der Waals surface area contributed by atoms with Gasteiger partial charge in [-0.15, -0.1) is 0 Å². The van der Waals surface area contributed by atoms with Gasteiger partial charge in [0.1, 0.15) is 0 Å². The first-order valence-electron chi connectivity index (χ1n) is 5.42. The molecule has 0 aliphatic rings. The SMILES string of the molecule is CCCC(C)CCCCCCO. The molecule has 74 valence electrons. The van der Waals surface area contributed by atoms with E-state index in [0.29, 0.717) is 6.61 Å². The predicted octanol–water partition coefficient (Wildman–Crippen LogP) is 3.37. The third-order valence-corrected chi connectivity index (χ3v) is 2.39. The van der Waals surface area contributed by atoms with Gasteiger partial charge in [-0.2, -0.15) is 0 Å². The predicted molar refractivity (Wildman–Crippen MR) is 54.2 cm³/mol. The molecular formula is C11H24O. The lowest BCUT2D eigenvalue weighted by atomic mass is 9.98. The molecule has 0 aliphatic heterocycles. The first kappa shape index (κ1) is 12.0. The number of unbranched alkanes of at least 4 members (excludes halogenated alkanes) is 3. The lowest BCUT2D eigenvalue weighted by Crippen LogP contribution is -1.93. The third-order valence-electron chi connectivity index (χ3n) is 2.39. The second kappa shape index (κ2) is 9.05. The summed E-state index contributed by atoms with van der Waals surface area (Å²) in [4.78, 5) is 0. The molecule has 1 nitrogen and oxygen atoms in total. The number of aliphatic hydroxyl groups excluding tert-OH is 1. The summed E-state index contributed by atoms with van der Waals surface area (Å²) >= 11 is 0. The van der Waals surface area contributed by atoms with E-state index in [1.54, 1.807) is 0 Å². The highest BCUT2D eigenvalue weighted by Crippen LogP contribution is 2.14. The molecule has 0 bridgehead atoms. The molecule has 0 saturated carbocycles. The Hall–Kier alpha value is -0.0400. The second-order valence-electron chi connectivity index (χ2n) is 3.82. The quantitative estimate of drug-likeness (QED) is 0.557. The van der Waals surface area contributed by atoms with Gasteiger partial charge in [0, 0.05) is 6.61 Å². The zero-order valence-corrected chi connectivity index (χ0v) is 8.68. The van der Waals surface area contributed by atoms with Crippen LogP contribution in [0, 0.1) is 5.92 Å². The van der Waals surface area contributed by atoms with Crippen molar-refractivity contribution < 1.29 is 5.11 Å². The van der Waals surface area contributed by atoms with Crippen LogP contribution >= 0.6 is 0 Å². The molecular weight excluding hydrogens is 148 g/mol. The molecule has 0 spiro atoms. The van der Waals surface area contributed by atoms with E-state index in [0.717, 1.165) is 12.3 Å². The minimum Gasteiger partial charge on any atom is -0.396 e. The Bertz CT molecular complexity index is 81.1. The van der Waals surface area contributed by atoms with Crippen LogP contribution in [0.2, 0.25) is 0 Å². The van der Waals surface area contributed by atoms with Gasteiger partial charge in [0.2, 0.25) is 0 Å². The molecule has 1 atom stereocenters. The van der Waals surface area contributed by atoms with Crippen molar-refractivity contribution >= 4 is 0 Å². The van der Waals surface area contributed by atoms with Gasteiger partial charge in [-0.3, -0.25) is 0 Å². The van der Waals surface area contributed by atoms with E-state index in [1.165, 1.54) is 38.5 Å². The van der Waals surface area contributed by atoms with E-state index in [-0.39, 0.29) is 0 Å². The number of hydrogen-bond acceptors (Lipinski definition) is 1. The van der Waals surface area contributed by atoms with Gasteiger partial charge in [-0.1, -0.05) is 52.4 Å².